The smallest absolute Gasteiger partial charge is 0.251 e. The van der Waals surface area contributed by atoms with Gasteiger partial charge in [0.05, 0.1) is 12.5 Å². The Morgan fingerprint density at radius 1 is 1.07 bits per heavy atom. The summed E-state index contributed by atoms with van der Waals surface area (Å²) in [6.45, 7) is 1.67. The van der Waals surface area contributed by atoms with Gasteiger partial charge in [0.25, 0.3) is 5.91 Å². The van der Waals surface area contributed by atoms with Gasteiger partial charge in [0.1, 0.15) is 0 Å². The minimum atomic E-state index is -0.124. The fraction of sp³-hybridized carbons (Fsp3) is 0.333. The first-order valence-electron chi connectivity index (χ1n) is 9.20. The zero-order valence-corrected chi connectivity index (χ0v) is 15.2. The molecule has 2 aromatic carbocycles. The minimum Gasteiger partial charge on any atom is -0.399 e. The van der Waals surface area contributed by atoms with Gasteiger partial charge in [0, 0.05) is 30.9 Å². The number of amides is 2. The van der Waals surface area contributed by atoms with Crippen LogP contribution in [0.25, 0.3) is 0 Å². The average Bonchev–Trinajstić information content (AvgIpc) is 3.20. The molecule has 6 nitrogen and oxygen atoms in total. The monoisotopic (exact) mass is 367 g/mol. The predicted molar refractivity (Wildman–Crippen MR) is 104 cm³/mol. The lowest BCUT2D eigenvalue weighted by Crippen LogP contribution is -2.31. The largest absolute Gasteiger partial charge is 0.399 e. The standard InChI is InChI=1S/C21H25N3O3/c22-18-8-6-15(7-9-18)12-20(25)23-13-16-3-1-4-17(11-16)21(26)24-14-19-5-2-10-27-19/h1,3-4,6-9,11,19H,2,5,10,12-14,22H2,(H,23,25)(H,24,26). The Labute approximate surface area is 159 Å². The minimum absolute atomic E-state index is 0.0759. The number of carbonyl (C=O) groups is 2. The summed E-state index contributed by atoms with van der Waals surface area (Å²) in [5.74, 6) is -0.200. The Morgan fingerprint density at radius 2 is 1.89 bits per heavy atom. The van der Waals surface area contributed by atoms with Crippen LogP contribution in [0.2, 0.25) is 0 Å². The van der Waals surface area contributed by atoms with Gasteiger partial charge in [-0.05, 0) is 48.2 Å². The van der Waals surface area contributed by atoms with Gasteiger partial charge in [0.2, 0.25) is 5.91 Å². The molecule has 4 N–H and O–H groups in total. The molecule has 1 fully saturated rings. The molecule has 2 amide bonds. The van der Waals surface area contributed by atoms with E-state index in [4.69, 9.17) is 10.5 Å². The lowest BCUT2D eigenvalue weighted by Gasteiger charge is -2.11. The fourth-order valence-electron chi connectivity index (χ4n) is 3.02. The van der Waals surface area contributed by atoms with Gasteiger partial charge in [-0.15, -0.1) is 0 Å². The molecule has 1 unspecified atom stereocenters. The van der Waals surface area contributed by atoms with Crippen LogP contribution in [0.3, 0.4) is 0 Å². The molecule has 0 saturated carbocycles. The summed E-state index contributed by atoms with van der Waals surface area (Å²) in [7, 11) is 0. The predicted octanol–water partition coefficient (Wildman–Crippen LogP) is 2.04. The Hall–Kier alpha value is -2.86. The third kappa shape index (κ3) is 5.82. The normalized spacial score (nSPS) is 16.1. The van der Waals surface area contributed by atoms with E-state index in [2.05, 4.69) is 10.6 Å². The van der Waals surface area contributed by atoms with Crippen molar-refractivity contribution in [3.8, 4) is 0 Å². The SMILES string of the molecule is Nc1ccc(CC(=O)NCc2cccc(C(=O)NCC3CCCO3)c2)cc1. The summed E-state index contributed by atoms with van der Waals surface area (Å²) in [5.41, 5.74) is 8.69. The van der Waals surface area contributed by atoms with Gasteiger partial charge >= 0.3 is 0 Å². The molecule has 1 aliphatic heterocycles. The average molecular weight is 367 g/mol. The van der Waals surface area contributed by atoms with E-state index in [0.717, 1.165) is 30.6 Å². The molecule has 2 aromatic rings. The highest BCUT2D eigenvalue weighted by atomic mass is 16.5. The van der Waals surface area contributed by atoms with Crippen molar-refractivity contribution in [2.24, 2.45) is 0 Å². The molecule has 1 aliphatic rings. The molecule has 142 valence electrons. The molecule has 1 heterocycles. The van der Waals surface area contributed by atoms with Crippen LogP contribution in [0, 0.1) is 0 Å². The second-order valence-electron chi connectivity index (χ2n) is 6.74. The second kappa shape index (κ2) is 9.19. The lowest BCUT2D eigenvalue weighted by atomic mass is 10.1. The van der Waals surface area contributed by atoms with Crippen molar-refractivity contribution in [2.75, 3.05) is 18.9 Å². The van der Waals surface area contributed by atoms with Crippen molar-refractivity contribution in [1.82, 2.24) is 10.6 Å². The molecule has 0 spiro atoms. The highest BCUT2D eigenvalue weighted by Crippen LogP contribution is 2.11. The number of ether oxygens (including phenoxy) is 1. The number of benzene rings is 2. The van der Waals surface area contributed by atoms with Crippen molar-refractivity contribution in [1.29, 1.82) is 0 Å². The number of hydrogen-bond acceptors (Lipinski definition) is 4. The van der Waals surface area contributed by atoms with Gasteiger partial charge in [0.15, 0.2) is 0 Å². The van der Waals surface area contributed by atoms with Crippen molar-refractivity contribution in [2.45, 2.75) is 31.9 Å². The molecule has 0 aromatic heterocycles. The maximum atomic E-state index is 12.3. The van der Waals surface area contributed by atoms with Crippen molar-refractivity contribution in [3.05, 3.63) is 65.2 Å². The maximum absolute atomic E-state index is 12.3. The molecule has 1 atom stereocenters. The first kappa shape index (κ1) is 18.9. The number of carbonyl (C=O) groups excluding carboxylic acids is 2. The molecular formula is C21H25N3O3. The van der Waals surface area contributed by atoms with Crippen molar-refractivity contribution >= 4 is 17.5 Å². The summed E-state index contributed by atoms with van der Waals surface area (Å²) < 4.78 is 5.51. The lowest BCUT2D eigenvalue weighted by molar-refractivity contribution is -0.120. The zero-order valence-electron chi connectivity index (χ0n) is 15.2. The van der Waals surface area contributed by atoms with E-state index < -0.39 is 0 Å². The van der Waals surface area contributed by atoms with E-state index in [1.54, 1.807) is 24.3 Å². The van der Waals surface area contributed by atoms with Gasteiger partial charge < -0.3 is 21.1 Å². The van der Waals surface area contributed by atoms with Crippen LogP contribution in [-0.4, -0.2) is 31.1 Å². The quantitative estimate of drug-likeness (QED) is 0.653. The van der Waals surface area contributed by atoms with Crippen LogP contribution in [0.15, 0.2) is 48.5 Å². The molecular weight excluding hydrogens is 342 g/mol. The van der Waals surface area contributed by atoms with E-state index in [9.17, 15) is 9.59 Å². The first-order valence-corrected chi connectivity index (χ1v) is 9.20. The highest BCUT2D eigenvalue weighted by Gasteiger charge is 2.16. The Balaban J connectivity index is 1.48. The van der Waals surface area contributed by atoms with E-state index in [1.165, 1.54) is 0 Å². The van der Waals surface area contributed by atoms with Crippen LogP contribution in [0.5, 0.6) is 0 Å². The Morgan fingerprint density at radius 3 is 2.63 bits per heavy atom. The summed E-state index contributed by atoms with van der Waals surface area (Å²) in [6, 6.07) is 14.5. The number of rotatable bonds is 7. The van der Waals surface area contributed by atoms with E-state index in [0.29, 0.717) is 30.8 Å². The van der Waals surface area contributed by atoms with Gasteiger partial charge in [-0.3, -0.25) is 9.59 Å². The van der Waals surface area contributed by atoms with Crippen LogP contribution in [-0.2, 0) is 22.5 Å². The number of hydrogen-bond donors (Lipinski definition) is 3. The van der Waals surface area contributed by atoms with Crippen LogP contribution in [0.4, 0.5) is 5.69 Å². The summed E-state index contributed by atoms with van der Waals surface area (Å²) in [6.07, 6.45) is 2.44. The fourth-order valence-corrected chi connectivity index (χ4v) is 3.02. The third-order valence-electron chi connectivity index (χ3n) is 4.54. The van der Waals surface area contributed by atoms with Crippen LogP contribution in [0.1, 0.15) is 34.3 Å². The molecule has 27 heavy (non-hydrogen) atoms. The summed E-state index contributed by atoms with van der Waals surface area (Å²) in [5, 5.41) is 5.79. The number of nitrogens with two attached hydrogens (primary N) is 1. The molecule has 3 rings (SSSR count). The third-order valence-corrected chi connectivity index (χ3v) is 4.54. The number of nitrogen functional groups attached to an aromatic ring is 1. The summed E-state index contributed by atoms with van der Waals surface area (Å²) in [4.78, 5) is 24.4. The molecule has 0 aliphatic carbocycles. The topological polar surface area (TPSA) is 93.5 Å². The van der Waals surface area contributed by atoms with E-state index in [-0.39, 0.29) is 17.9 Å². The second-order valence-corrected chi connectivity index (χ2v) is 6.74. The molecule has 0 bridgehead atoms. The first-order chi connectivity index (χ1) is 13.1. The maximum Gasteiger partial charge on any atom is 0.251 e. The van der Waals surface area contributed by atoms with E-state index >= 15 is 0 Å². The summed E-state index contributed by atoms with van der Waals surface area (Å²) >= 11 is 0. The van der Waals surface area contributed by atoms with Crippen molar-refractivity contribution in [3.63, 3.8) is 0 Å². The Bertz CT molecular complexity index is 784. The van der Waals surface area contributed by atoms with Gasteiger partial charge in [-0.1, -0.05) is 24.3 Å². The highest BCUT2D eigenvalue weighted by molar-refractivity contribution is 5.94. The zero-order chi connectivity index (χ0) is 19.1. The van der Waals surface area contributed by atoms with Crippen molar-refractivity contribution < 1.29 is 14.3 Å². The number of anilines is 1. The molecule has 6 heteroatoms. The van der Waals surface area contributed by atoms with Crippen LogP contribution < -0.4 is 16.4 Å². The molecule has 0 radical (unpaired) electrons. The Kier molecular flexibility index (Phi) is 6.44. The van der Waals surface area contributed by atoms with Gasteiger partial charge in [-0.25, -0.2) is 0 Å². The van der Waals surface area contributed by atoms with Gasteiger partial charge in [-0.2, -0.15) is 0 Å². The number of nitrogens with one attached hydrogen (secondary N) is 2. The molecule has 1 saturated heterocycles. The van der Waals surface area contributed by atoms with E-state index in [1.807, 2.05) is 24.3 Å². The van der Waals surface area contributed by atoms with Crippen LogP contribution >= 0.6 is 0 Å².